The first kappa shape index (κ1) is 20.5. The number of methoxy groups -OCH3 is 1. The number of aromatic nitrogens is 1. The van der Waals surface area contributed by atoms with E-state index in [0.717, 1.165) is 11.1 Å². The molecule has 1 N–H and O–H groups in total. The second-order valence-electron chi connectivity index (χ2n) is 6.99. The summed E-state index contributed by atoms with van der Waals surface area (Å²) in [7, 11) is 1.64. The van der Waals surface area contributed by atoms with E-state index in [1.165, 1.54) is 12.3 Å². The lowest BCUT2D eigenvalue weighted by Crippen LogP contribution is -2.23. The lowest BCUT2D eigenvalue weighted by molar-refractivity contribution is 0.0951. The largest absolute Gasteiger partial charge is 0.436 e. The zero-order chi connectivity index (χ0) is 21.6. The van der Waals surface area contributed by atoms with Crippen LogP contribution in [0.1, 0.15) is 21.5 Å². The molecule has 4 rings (SSSR count). The molecule has 1 aromatic heterocycles. The number of rotatable bonds is 7. The Morgan fingerprint density at radius 1 is 1.00 bits per heavy atom. The number of carbonyl (C=O) groups is 1. The predicted octanol–water partition coefficient (Wildman–Crippen LogP) is 5.22. The smallest absolute Gasteiger partial charge is 0.252 e. The summed E-state index contributed by atoms with van der Waals surface area (Å²) in [6.07, 6.45) is 1.46. The molecule has 0 atom stereocenters. The molecule has 1 amide bonds. The van der Waals surface area contributed by atoms with Gasteiger partial charge in [0, 0.05) is 19.2 Å². The van der Waals surface area contributed by atoms with Gasteiger partial charge >= 0.3 is 0 Å². The summed E-state index contributed by atoms with van der Waals surface area (Å²) in [5, 5.41) is 2.93. The number of nitrogens with zero attached hydrogens (tertiary/aromatic N) is 1. The first-order valence-electron chi connectivity index (χ1n) is 9.81. The van der Waals surface area contributed by atoms with Crippen molar-refractivity contribution in [3.63, 3.8) is 0 Å². The first-order valence-corrected chi connectivity index (χ1v) is 9.81. The Morgan fingerprint density at radius 2 is 1.74 bits per heavy atom. The molecule has 0 bridgehead atoms. The summed E-state index contributed by atoms with van der Waals surface area (Å²) in [5.74, 6) is -0.0883. The maximum Gasteiger partial charge on any atom is 0.252 e. The van der Waals surface area contributed by atoms with Crippen LogP contribution in [-0.2, 0) is 17.9 Å². The second kappa shape index (κ2) is 9.36. The molecule has 31 heavy (non-hydrogen) atoms. The van der Waals surface area contributed by atoms with E-state index in [2.05, 4.69) is 10.3 Å². The van der Waals surface area contributed by atoms with E-state index in [-0.39, 0.29) is 11.8 Å². The van der Waals surface area contributed by atoms with Crippen molar-refractivity contribution in [1.82, 2.24) is 10.3 Å². The van der Waals surface area contributed by atoms with E-state index in [1.807, 2.05) is 24.3 Å². The number of hydrogen-bond acceptors (Lipinski definition) is 4. The number of amides is 1. The van der Waals surface area contributed by atoms with Crippen molar-refractivity contribution in [3.8, 4) is 22.8 Å². The molecule has 0 aliphatic rings. The normalized spacial score (nSPS) is 10.8. The molecule has 0 saturated heterocycles. The average Bonchev–Trinajstić information content (AvgIpc) is 3.28. The summed E-state index contributed by atoms with van der Waals surface area (Å²) >= 11 is 0. The molecule has 0 unspecified atom stereocenters. The number of ether oxygens (including phenoxy) is 1. The van der Waals surface area contributed by atoms with Crippen LogP contribution in [0.5, 0.6) is 0 Å². The molecule has 6 heteroatoms. The molecule has 0 saturated carbocycles. The van der Waals surface area contributed by atoms with Gasteiger partial charge in [0.15, 0.2) is 5.76 Å². The number of carbonyl (C=O) groups excluding carboxylic acids is 1. The summed E-state index contributed by atoms with van der Waals surface area (Å²) < 4.78 is 25.0. The van der Waals surface area contributed by atoms with Crippen LogP contribution in [0.4, 0.5) is 4.39 Å². The van der Waals surface area contributed by atoms with Gasteiger partial charge in [-0.15, -0.1) is 0 Å². The molecule has 0 radical (unpaired) electrons. The first-order chi connectivity index (χ1) is 15.2. The van der Waals surface area contributed by atoms with Crippen LogP contribution in [0, 0.1) is 5.82 Å². The third-order valence-electron chi connectivity index (χ3n) is 4.80. The fraction of sp³-hybridized carbons (Fsp3) is 0.120. The highest BCUT2D eigenvalue weighted by Gasteiger charge is 2.18. The van der Waals surface area contributed by atoms with Gasteiger partial charge in [0.1, 0.15) is 5.82 Å². The third kappa shape index (κ3) is 4.70. The number of halogens is 1. The highest BCUT2D eigenvalue weighted by atomic mass is 19.1. The Kier molecular flexibility index (Phi) is 6.19. The van der Waals surface area contributed by atoms with E-state index in [9.17, 15) is 9.18 Å². The van der Waals surface area contributed by atoms with Crippen molar-refractivity contribution < 1.29 is 18.3 Å². The molecule has 0 aliphatic carbocycles. The summed E-state index contributed by atoms with van der Waals surface area (Å²) in [4.78, 5) is 17.2. The standard InChI is InChI=1S/C25H21FN2O3/c1-30-16-18-8-6-7-17(13-18)14-27-24(29)19-9-2-3-10-20(19)25-28-15-23(31-25)21-11-4-5-12-22(21)26/h2-13,15H,14,16H2,1H3,(H,27,29). The second-order valence-corrected chi connectivity index (χ2v) is 6.99. The van der Waals surface area contributed by atoms with Gasteiger partial charge in [-0.2, -0.15) is 0 Å². The number of hydrogen-bond donors (Lipinski definition) is 1. The average molecular weight is 416 g/mol. The van der Waals surface area contributed by atoms with Crippen molar-refractivity contribution >= 4 is 5.91 Å². The van der Waals surface area contributed by atoms with Crippen LogP contribution in [0.25, 0.3) is 22.8 Å². The maximum atomic E-state index is 14.1. The van der Waals surface area contributed by atoms with E-state index in [0.29, 0.717) is 35.6 Å². The third-order valence-corrected chi connectivity index (χ3v) is 4.80. The van der Waals surface area contributed by atoms with Gasteiger partial charge in [0.25, 0.3) is 5.91 Å². The molecule has 4 aromatic rings. The van der Waals surface area contributed by atoms with Gasteiger partial charge in [-0.25, -0.2) is 9.37 Å². The van der Waals surface area contributed by atoms with Gasteiger partial charge in [-0.3, -0.25) is 4.79 Å². The molecular formula is C25H21FN2O3. The van der Waals surface area contributed by atoms with Gasteiger partial charge in [-0.05, 0) is 35.4 Å². The lowest BCUT2D eigenvalue weighted by Gasteiger charge is -2.09. The Hall–Kier alpha value is -3.77. The van der Waals surface area contributed by atoms with Gasteiger partial charge < -0.3 is 14.5 Å². The molecule has 156 valence electrons. The van der Waals surface area contributed by atoms with Crippen molar-refractivity contribution in [1.29, 1.82) is 0 Å². The lowest BCUT2D eigenvalue weighted by atomic mass is 10.1. The van der Waals surface area contributed by atoms with Crippen molar-refractivity contribution in [2.75, 3.05) is 7.11 Å². The SMILES string of the molecule is COCc1cccc(CNC(=O)c2ccccc2-c2ncc(-c3ccccc3F)o2)c1. The van der Waals surface area contributed by atoms with Gasteiger partial charge in [-0.1, -0.05) is 48.5 Å². The highest BCUT2D eigenvalue weighted by molar-refractivity contribution is 6.00. The van der Waals surface area contributed by atoms with Crippen molar-refractivity contribution in [2.45, 2.75) is 13.2 Å². The summed E-state index contributed by atoms with van der Waals surface area (Å²) in [6, 6.07) is 21.2. The predicted molar refractivity (Wildman–Crippen MR) is 116 cm³/mol. The van der Waals surface area contributed by atoms with E-state index >= 15 is 0 Å². The molecule has 0 aliphatic heterocycles. The monoisotopic (exact) mass is 416 g/mol. The number of oxazole rings is 1. The summed E-state index contributed by atoms with van der Waals surface area (Å²) in [5.41, 5.74) is 3.29. The zero-order valence-corrected chi connectivity index (χ0v) is 17.0. The van der Waals surface area contributed by atoms with Crippen LogP contribution in [0.3, 0.4) is 0 Å². The molecule has 3 aromatic carbocycles. The van der Waals surface area contributed by atoms with Crippen LogP contribution < -0.4 is 5.32 Å². The van der Waals surface area contributed by atoms with Crippen molar-refractivity contribution in [2.24, 2.45) is 0 Å². The number of nitrogens with one attached hydrogen (secondary N) is 1. The molecule has 0 fully saturated rings. The van der Waals surface area contributed by atoms with Gasteiger partial charge in [0.2, 0.25) is 5.89 Å². The zero-order valence-electron chi connectivity index (χ0n) is 17.0. The van der Waals surface area contributed by atoms with Crippen LogP contribution >= 0.6 is 0 Å². The molecule has 0 spiro atoms. The Morgan fingerprint density at radius 3 is 2.55 bits per heavy atom. The topological polar surface area (TPSA) is 64.4 Å². The van der Waals surface area contributed by atoms with Crippen LogP contribution in [-0.4, -0.2) is 18.0 Å². The van der Waals surface area contributed by atoms with Crippen LogP contribution in [0.15, 0.2) is 83.4 Å². The minimum atomic E-state index is -0.396. The summed E-state index contributed by atoms with van der Waals surface area (Å²) in [6.45, 7) is 0.885. The molecular weight excluding hydrogens is 395 g/mol. The van der Waals surface area contributed by atoms with Gasteiger partial charge in [0.05, 0.1) is 23.9 Å². The minimum Gasteiger partial charge on any atom is -0.436 e. The quantitative estimate of drug-likeness (QED) is 0.448. The van der Waals surface area contributed by atoms with E-state index < -0.39 is 5.82 Å². The highest BCUT2D eigenvalue weighted by Crippen LogP contribution is 2.29. The minimum absolute atomic E-state index is 0.251. The Balaban J connectivity index is 1.54. The Labute approximate surface area is 179 Å². The van der Waals surface area contributed by atoms with Crippen molar-refractivity contribution in [3.05, 3.63) is 102 Å². The number of benzene rings is 3. The Bertz CT molecular complexity index is 1200. The fourth-order valence-corrected chi connectivity index (χ4v) is 3.33. The molecule has 1 heterocycles. The molecule has 5 nitrogen and oxygen atoms in total. The fourth-order valence-electron chi connectivity index (χ4n) is 3.33. The van der Waals surface area contributed by atoms with E-state index in [1.54, 1.807) is 49.6 Å². The van der Waals surface area contributed by atoms with Crippen LogP contribution in [0.2, 0.25) is 0 Å². The maximum absolute atomic E-state index is 14.1. The van der Waals surface area contributed by atoms with E-state index in [4.69, 9.17) is 9.15 Å².